The summed E-state index contributed by atoms with van der Waals surface area (Å²) in [5, 5.41) is 18.0. The van der Waals surface area contributed by atoms with E-state index in [1.165, 1.54) is 38.5 Å². The van der Waals surface area contributed by atoms with E-state index in [4.69, 9.17) is 31.2 Å². The number of nitrogens with two attached hydrogens (primary N) is 2. The van der Waals surface area contributed by atoms with Crippen LogP contribution in [-0.2, 0) is 28.7 Å². The van der Waals surface area contributed by atoms with Crippen molar-refractivity contribution in [2.45, 2.75) is 168 Å². The molecule has 4 rings (SSSR count). The van der Waals surface area contributed by atoms with Gasteiger partial charge in [-0.1, -0.05) is 40.5 Å². The first kappa shape index (κ1) is 40.9. The van der Waals surface area contributed by atoms with Crippen molar-refractivity contribution in [2.24, 2.45) is 57.8 Å². The average Bonchev–Trinajstić information content (AvgIpc) is 3.44. The summed E-state index contributed by atoms with van der Waals surface area (Å²) in [5.74, 6) is 1.88. The Morgan fingerprint density at radius 3 is 1.94 bits per heavy atom. The van der Waals surface area contributed by atoms with Gasteiger partial charge in [-0.05, 0) is 123 Å². The number of fused-ring (bicyclic) bond motifs is 5. The predicted octanol–water partition coefficient (Wildman–Crippen LogP) is 6.54. The summed E-state index contributed by atoms with van der Waals surface area (Å²) < 4.78 is 13.3. The second-order valence-electron chi connectivity index (χ2n) is 17.1. The average molecular weight is 705 g/mol. The summed E-state index contributed by atoms with van der Waals surface area (Å²) in [6.45, 7) is 11.0. The van der Waals surface area contributed by atoms with Gasteiger partial charge in [-0.15, -0.1) is 0 Å². The fraction of sp³-hybridized carbons (Fsp3) is 0.900. The molecule has 10 heteroatoms. The highest BCUT2D eigenvalue weighted by Gasteiger charge is 2.64. The summed E-state index contributed by atoms with van der Waals surface area (Å²) in [4.78, 5) is 46.7. The van der Waals surface area contributed by atoms with Crippen LogP contribution in [0, 0.1) is 46.3 Å². The van der Waals surface area contributed by atoms with Crippen molar-refractivity contribution >= 4 is 23.5 Å². The van der Waals surface area contributed by atoms with Crippen LogP contribution in [0.4, 0.5) is 0 Å². The quantitative estimate of drug-likeness (QED) is 0.0958. The highest BCUT2D eigenvalue weighted by Crippen LogP contribution is 2.69. The maximum Gasteiger partial charge on any atom is 0.320 e. The fourth-order valence-corrected chi connectivity index (χ4v) is 11.3. The number of ketones is 2. The molecule has 286 valence electrons. The lowest BCUT2D eigenvalue weighted by Gasteiger charge is -2.63. The normalized spacial score (nSPS) is 35.3. The van der Waals surface area contributed by atoms with Crippen molar-refractivity contribution in [3.05, 3.63) is 0 Å². The number of Topliss-reactive ketones (excluding diaryl/α,β-unsaturated/α-hetero) is 2. The topological polar surface area (TPSA) is 179 Å². The molecule has 0 spiro atoms. The van der Waals surface area contributed by atoms with Crippen LogP contribution in [-0.4, -0.2) is 71.2 Å². The molecular formula is C40H68N2O8. The molecule has 0 aromatic rings. The Labute approximate surface area is 300 Å². The van der Waals surface area contributed by atoms with Crippen molar-refractivity contribution in [2.75, 3.05) is 13.2 Å². The van der Waals surface area contributed by atoms with E-state index in [-0.39, 0.29) is 60.3 Å². The number of hydrogen-bond acceptors (Lipinski definition) is 8. The summed E-state index contributed by atoms with van der Waals surface area (Å²) in [6.07, 6.45) is 15.1. The van der Waals surface area contributed by atoms with Crippen LogP contribution in [0.15, 0.2) is 0 Å². The van der Waals surface area contributed by atoms with Crippen LogP contribution in [0.3, 0.4) is 0 Å². The van der Waals surface area contributed by atoms with E-state index >= 15 is 0 Å². The minimum atomic E-state index is -1.07. The molecule has 0 saturated heterocycles. The van der Waals surface area contributed by atoms with Crippen molar-refractivity contribution in [1.82, 2.24) is 0 Å². The molecule has 0 amide bonds. The molecule has 4 aliphatic carbocycles. The highest BCUT2D eigenvalue weighted by molar-refractivity contribution is 5.80. The third-order valence-corrected chi connectivity index (χ3v) is 14.2. The van der Waals surface area contributed by atoms with E-state index in [0.717, 1.165) is 31.6 Å². The second-order valence-corrected chi connectivity index (χ2v) is 17.1. The lowest BCUT2D eigenvalue weighted by molar-refractivity contribution is -0.192. The molecular weight excluding hydrogens is 636 g/mol. The van der Waals surface area contributed by atoms with Gasteiger partial charge in [-0.25, -0.2) is 0 Å². The number of rotatable bonds is 21. The van der Waals surface area contributed by atoms with Crippen LogP contribution in [0.2, 0.25) is 0 Å². The van der Waals surface area contributed by atoms with Gasteiger partial charge in [-0.2, -0.15) is 0 Å². The summed E-state index contributed by atoms with van der Waals surface area (Å²) in [5.41, 5.74) is 11.5. The fourth-order valence-electron chi connectivity index (χ4n) is 11.3. The molecule has 0 heterocycles. The van der Waals surface area contributed by atoms with E-state index in [1.54, 1.807) is 0 Å². The number of ether oxygens (including phenoxy) is 2. The molecule has 12 atom stereocenters. The molecule has 2 unspecified atom stereocenters. The van der Waals surface area contributed by atoms with Gasteiger partial charge in [-0.3, -0.25) is 19.2 Å². The maximum atomic E-state index is 12.5. The number of carboxylic acids is 2. The van der Waals surface area contributed by atoms with Gasteiger partial charge in [0, 0.05) is 38.9 Å². The predicted molar refractivity (Wildman–Crippen MR) is 192 cm³/mol. The summed E-state index contributed by atoms with van der Waals surface area (Å²) in [6, 6.07) is -1.98. The zero-order valence-corrected chi connectivity index (χ0v) is 31.4. The van der Waals surface area contributed by atoms with Crippen molar-refractivity contribution < 1.29 is 38.9 Å². The lowest BCUT2D eigenvalue weighted by atomic mass is 9.43. The first-order valence-electron chi connectivity index (χ1n) is 20.0. The SMILES string of the molecule is CCC[C@@H](C)[C@H]1CC[C@H]2[C@@H]3CC[C@@H]4C[C@H](OCCCC(=O)CCC(N)C(=O)O)CC[C@]4(C)[C@H]3C[C@H](OCCCC(=O)CCC(N)C(=O)O)[C@]12C. The number of carbonyl (C=O) groups excluding carboxylic acids is 2. The third-order valence-electron chi connectivity index (χ3n) is 14.2. The zero-order valence-electron chi connectivity index (χ0n) is 31.4. The minimum absolute atomic E-state index is 0.0474. The molecule has 0 aromatic carbocycles. The van der Waals surface area contributed by atoms with E-state index in [0.29, 0.717) is 68.5 Å². The Bertz CT molecular complexity index is 1160. The van der Waals surface area contributed by atoms with E-state index in [2.05, 4.69) is 27.7 Å². The van der Waals surface area contributed by atoms with Gasteiger partial charge < -0.3 is 31.2 Å². The van der Waals surface area contributed by atoms with Gasteiger partial charge in [0.05, 0.1) is 12.2 Å². The monoisotopic (exact) mass is 704 g/mol. The first-order chi connectivity index (χ1) is 23.7. The van der Waals surface area contributed by atoms with Gasteiger partial charge in [0.25, 0.3) is 0 Å². The molecule has 4 saturated carbocycles. The smallest absolute Gasteiger partial charge is 0.320 e. The largest absolute Gasteiger partial charge is 0.480 e. The zero-order chi connectivity index (χ0) is 36.6. The van der Waals surface area contributed by atoms with Crippen LogP contribution in [0.1, 0.15) is 143 Å². The summed E-state index contributed by atoms with van der Waals surface area (Å²) in [7, 11) is 0. The molecule has 0 bridgehead atoms. The number of carboxylic acid groups (broad SMARTS) is 2. The lowest BCUT2D eigenvalue weighted by Crippen LogP contribution is -2.59. The van der Waals surface area contributed by atoms with E-state index in [1.807, 2.05) is 0 Å². The number of aliphatic carboxylic acids is 2. The number of carbonyl (C=O) groups is 4. The van der Waals surface area contributed by atoms with Crippen molar-refractivity contribution in [1.29, 1.82) is 0 Å². The maximum absolute atomic E-state index is 12.5. The Hall–Kier alpha value is -1.88. The number of hydrogen-bond donors (Lipinski definition) is 4. The Kier molecular flexibility index (Phi) is 14.9. The first-order valence-corrected chi connectivity index (χ1v) is 20.0. The molecule has 10 nitrogen and oxygen atoms in total. The Morgan fingerprint density at radius 1 is 0.760 bits per heavy atom. The van der Waals surface area contributed by atoms with E-state index in [9.17, 15) is 19.2 Å². The molecule has 6 N–H and O–H groups in total. The molecule has 0 radical (unpaired) electrons. The van der Waals surface area contributed by atoms with Gasteiger partial charge in [0.2, 0.25) is 0 Å². The van der Waals surface area contributed by atoms with Gasteiger partial charge in [0.1, 0.15) is 23.7 Å². The summed E-state index contributed by atoms with van der Waals surface area (Å²) >= 11 is 0. The second kappa shape index (κ2) is 18.2. The molecule has 4 aliphatic rings. The van der Waals surface area contributed by atoms with Gasteiger partial charge >= 0.3 is 11.9 Å². The van der Waals surface area contributed by atoms with E-state index < -0.39 is 24.0 Å². The molecule has 50 heavy (non-hydrogen) atoms. The molecule has 0 aromatic heterocycles. The van der Waals surface area contributed by atoms with Gasteiger partial charge in [0.15, 0.2) is 0 Å². The minimum Gasteiger partial charge on any atom is -0.480 e. The third kappa shape index (κ3) is 9.56. The van der Waals surface area contributed by atoms with Crippen LogP contribution in [0.5, 0.6) is 0 Å². The standard InChI is InChI=1S/C40H68N2O8/c1-5-8-25(2)31-15-16-32-30-14-11-26-23-29(49-21-6-9-27(43)12-17-34(41)37(45)46)19-20-39(26,3)33(30)24-36(40(31,32)4)50-22-7-10-28(44)13-18-35(42)38(47)48/h25-26,29-36H,5-24,41-42H2,1-4H3,(H,45,46)(H,47,48)/t25-,26-,29-,30+,31-,32+,33+,34?,35?,36+,39+,40-/m1/s1. The highest BCUT2D eigenvalue weighted by atomic mass is 16.5. The van der Waals surface area contributed by atoms with Crippen molar-refractivity contribution in [3.8, 4) is 0 Å². The van der Waals surface area contributed by atoms with Crippen LogP contribution in [0.25, 0.3) is 0 Å². The van der Waals surface area contributed by atoms with Crippen molar-refractivity contribution in [3.63, 3.8) is 0 Å². The van der Waals surface area contributed by atoms with Crippen LogP contribution >= 0.6 is 0 Å². The molecule has 4 fully saturated rings. The Balaban J connectivity index is 1.35. The Morgan fingerprint density at radius 2 is 1.36 bits per heavy atom. The molecule has 0 aliphatic heterocycles. The van der Waals surface area contributed by atoms with Crippen LogP contribution < -0.4 is 11.5 Å².